The van der Waals surface area contributed by atoms with Crippen molar-refractivity contribution in [2.24, 2.45) is 0 Å². The fraction of sp³-hybridized carbons (Fsp3) is 0.227. The van der Waals surface area contributed by atoms with Crippen LogP contribution in [0.4, 0.5) is 4.39 Å². The van der Waals surface area contributed by atoms with Gasteiger partial charge in [0.1, 0.15) is 12.4 Å². The van der Waals surface area contributed by atoms with Gasteiger partial charge in [-0.3, -0.25) is 9.69 Å². The topological polar surface area (TPSA) is 34.5 Å². The molecule has 28 heavy (non-hydrogen) atoms. The van der Waals surface area contributed by atoms with Gasteiger partial charge in [0.15, 0.2) is 5.75 Å². The van der Waals surface area contributed by atoms with Crippen molar-refractivity contribution in [1.29, 1.82) is 0 Å². The number of ether oxygens (including phenoxy) is 1. The van der Waals surface area contributed by atoms with Gasteiger partial charge in [0, 0.05) is 48.5 Å². The SMILES string of the molecule is O=c1cc2n(cc1OCc1ccccc1)CCN(Cc1c(F)cccc1Cl)C2. The summed E-state index contributed by atoms with van der Waals surface area (Å²) in [6.45, 7) is 2.75. The van der Waals surface area contributed by atoms with Crippen LogP contribution in [0.1, 0.15) is 16.8 Å². The smallest absolute Gasteiger partial charge is 0.223 e. The lowest BCUT2D eigenvalue weighted by Gasteiger charge is -2.30. The molecule has 2 aromatic carbocycles. The van der Waals surface area contributed by atoms with E-state index in [1.807, 2.05) is 34.9 Å². The highest BCUT2D eigenvalue weighted by atomic mass is 35.5. The average molecular weight is 399 g/mol. The minimum Gasteiger partial charge on any atom is -0.483 e. The molecule has 2 heterocycles. The molecule has 0 amide bonds. The molecule has 4 nitrogen and oxygen atoms in total. The minimum atomic E-state index is -0.305. The average Bonchev–Trinajstić information content (AvgIpc) is 2.70. The largest absolute Gasteiger partial charge is 0.483 e. The molecular formula is C22H20ClFN2O2. The van der Waals surface area contributed by atoms with Gasteiger partial charge in [0.25, 0.3) is 0 Å². The molecule has 0 N–H and O–H groups in total. The van der Waals surface area contributed by atoms with E-state index in [0.29, 0.717) is 42.6 Å². The van der Waals surface area contributed by atoms with Crippen molar-refractivity contribution in [1.82, 2.24) is 9.47 Å². The number of benzene rings is 2. The first kappa shape index (κ1) is 18.7. The van der Waals surface area contributed by atoms with Crippen molar-refractivity contribution in [2.75, 3.05) is 6.54 Å². The third-order valence-electron chi connectivity index (χ3n) is 4.91. The Morgan fingerprint density at radius 1 is 1.07 bits per heavy atom. The first-order valence-corrected chi connectivity index (χ1v) is 9.53. The van der Waals surface area contributed by atoms with Crippen LogP contribution < -0.4 is 10.2 Å². The molecular weight excluding hydrogens is 379 g/mol. The number of halogens is 2. The van der Waals surface area contributed by atoms with Crippen LogP contribution >= 0.6 is 11.6 Å². The summed E-state index contributed by atoms with van der Waals surface area (Å²) in [5, 5.41) is 0.424. The number of fused-ring (bicyclic) bond motifs is 1. The minimum absolute atomic E-state index is 0.145. The number of hydrogen-bond donors (Lipinski definition) is 0. The predicted octanol–water partition coefficient (Wildman–Crippen LogP) is 4.24. The van der Waals surface area contributed by atoms with E-state index >= 15 is 0 Å². The molecule has 4 rings (SSSR count). The van der Waals surface area contributed by atoms with Crippen LogP contribution in [0.2, 0.25) is 5.02 Å². The third kappa shape index (κ3) is 4.11. The number of aromatic nitrogens is 1. The van der Waals surface area contributed by atoms with Crippen LogP contribution in [0.25, 0.3) is 0 Å². The molecule has 1 aliphatic heterocycles. The van der Waals surface area contributed by atoms with E-state index in [0.717, 1.165) is 17.8 Å². The van der Waals surface area contributed by atoms with Crippen LogP contribution in [-0.2, 0) is 26.2 Å². The van der Waals surface area contributed by atoms with Crippen molar-refractivity contribution >= 4 is 11.6 Å². The van der Waals surface area contributed by atoms with E-state index in [1.165, 1.54) is 6.07 Å². The van der Waals surface area contributed by atoms with Crippen molar-refractivity contribution in [3.8, 4) is 5.75 Å². The van der Waals surface area contributed by atoms with Crippen LogP contribution in [-0.4, -0.2) is 16.0 Å². The van der Waals surface area contributed by atoms with Gasteiger partial charge in [-0.2, -0.15) is 0 Å². The molecule has 6 heteroatoms. The summed E-state index contributed by atoms with van der Waals surface area (Å²) in [5.41, 5.74) is 2.24. The van der Waals surface area contributed by atoms with Crippen molar-refractivity contribution in [3.63, 3.8) is 0 Å². The summed E-state index contributed by atoms with van der Waals surface area (Å²) < 4.78 is 21.8. The number of pyridine rings is 1. The molecule has 1 aliphatic rings. The molecule has 0 radical (unpaired) electrons. The standard InChI is InChI=1S/C22H20ClFN2O2/c23-19-7-4-8-20(24)18(19)13-25-9-10-26-14-22(21(27)11-17(26)12-25)28-15-16-5-2-1-3-6-16/h1-8,11,14H,9-10,12-13,15H2. The van der Waals surface area contributed by atoms with E-state index in [1.54, 1.807) is 24.4 Å². The quantitative estimate of drug-likeness (QED) is 0.645. The third-order valence-corrected chi connectivity index (χ3v) is 5.26. The fourth-order valence-corrected chi connectivity index (χ4v) is 3.60. The summed E-state index contributed by atoms with van der Waals surface area (Å²) in [7, 11) is 0. The second-order valence-corrected chi connectivity index (χ2v) is 7.28. The molecule has 144 valence electrons. The summed E-state index contributed by atoms with van der Waals surface area (Å²) in [4.78, 5) is 14.5. The highest BCUT2D eigenvalue weighted by Crippen LogP contribution is 2.23. The lowest BCUT2D eigenvalue weighted by atomic mass is 10.1. The Morgan fingerprint density at radius 2 is 1.89 bits per heavy atom. The van der Waals surface area contributed by atoms with Crippen LogP contribution in [0.3, 0.4) is 0 Å². The number of hydrogen-bond acceptors (Lipinski definition) is 3. The number of nitrogens with zero attached hydrogens (tertiary/aromatic N) is 2. The molecule has 0 bridgehead atoms. The Kier molecular flexibility index (Phi) is 5.46. The van der Waals surface area contributed by atoms with E-state index in [4.69, 9.17) is 16.3 Å². The van der Waals surface area contributed by atoms with Crippen molar-refractivity contribution in [2.45, 2.75) is 26.2 Å². The van der Waals surface area contributed by atoms with Gasteiger partial charge in [0.2, 0.25) is 5.43 Å². The Bertz CT molecular complexity index is 1020. The second-order valence-electron chi connectivity index (χ2n) is 6.87. The van der Waals surface area contributed by atoms with Gasteiger partial charge in [0.05, 0.1) is 6.20 Å². The van der Waals surface area contributed by atoms with Crippen LogP contribution in [0, 0.1) is 5.82 Å². The molecule has 0 fully saturated rings. The lowest BCUT2D eigenvalue weighted by molar-refractivity contribution is 0.206. The van der Waals surface area contributed by atoms with Crippen molar-refractivity contribution in [3.05, 3.63) is 98.7 Å². The first-order valence-electron chi connectivity index (χ1n) is 9.15. The van der Waals surface area contributed by atoms with E-state index < -0.39 is 0 Å². The molecule has 0 atom stereocenters. The molecule has 0 unspecified atom stereocenters. The maximum absolute atomic E-state index is 14.1. The van der Waals surface area contributed by atoms with Gasteiger partial charge >= 0.3 is 0 Å². The van der Waals surface area contributed by atoms with Gasteiger partial charge < -0.3 is 9.30 Å². The highest BCUT2D eigenvalue weighted by Gasteiger charge is 2.20. The van der Waals surface area contributed by atoms with Gasteiger partial charge in [-0.05, 0) is 17.7 Å². The second kappa shape index (κ2) is 8.17. The summed E-state index contributed by atoms with van der Waals surface area (Å²) in [6.07, 6.45) is 1.77. The monoisotopic (exact) mass is 398 g/mol. The molecule has 0 saturated carbocycles. The fourth-order valence-electron chi connectivity index (χ4n) is 3.38. The first-order chi connectivity index (χ1) is 13.6. The zero-order valence-electron chi connectivity index (χ0n) is 15.3. The van der Waals surface area contributed by atoms with E-state index in [-0.39, 0.29) is 11.2 Å². The van der Waals surface area contributed by atoms with Crippen LogP contribution in [0.5, 0.6) is 5.75 Å². The normalized spacial score (nSPS) is 13.9. The zero-order valence-corrected chi connectivity index (χ0v) is 16.0. The Hall–Kier alpha value is -2.63. The molecule has 1 aromatic heterocycles. The summed E-state index contributed by atoms with van der Waals surface area (Å²) in [5.74, 6) is 0.0401. The van der Waals surface area contributed by atoms with E-state index in [9.17, 15) is 9.18 Å². The maximum Gasteiger partial charge on any atom is 0.223 e. The molecule has 0 spiro atoms. The van der Waals surface area contributed by atoms with Gasteiger partial charge in [-0.25, -0.2) is 4.39 Å². The Morgan fingerprint density at radius 3 is 2.68 bits per heavy atom. The molecule has 3 aromatic rings. The lowest BCUT2D eigenvalue weighted by Crippen LogP contribution is -2.35. The summed E-state index contributed by atoms with van der Waals surface area (Å²) in [6, 6.07) is 16.1. The molecule has 0 aliphatic carbocycles. The molecule has 0 saturated heterocycles. The van der Waals surface area contributed by atoms with Crippen molar-refractivity contribution < 1.29 is 9.13 Å². The Balaban J connectivity index is 1.47. The number of rotatable bonds is 5. The van der Waals surface area contributed by atoms with E-state index in [2.05, 4.69) is 4.90 Å². The van der Waals surface area contributed by atoms with Crippen LogP contribution in [0.15, 0.2) is 65.6 Å². The highest BCUT2D eigenvalue weighted by molar-refractivity contribution is 6.31. The summed E-state index contributed by atoms with van der Waals surface area (Å²) >= 11 is 6.14. The maximum atomic E-state index is 14.1. The Labute approximate surface area is 167 Å². The zero-order chi connectivity index (χ0) is 19.5. The van der Waals surface area contributed by atoms with Gasteiger partial charge in [-0.1, -0.05) is 48.0 Å². The predicted molar refractivity (Wildman–Crippen MR) is 107 cm³/mol. The van der Waals surface area contributed by atoms with Gasteiger partial charge in [-0.15, -0.1) is 0 Å².